The number of amides is 1. The van der Waals surface area contributed by atoms with Crippen molar-refractivity contribution in [2.75, 3.05) is 6.61 Å². The zero-order valence-electron chi connectivity index (χ0n) is 26.1. The van der Waals surface area contributed by atoms with Crippen molar-refractivity contribution in [3.8, 4) is 0 Å². The van der Waals surface area contributed by atoms with Crippen LogP contribution in [0, 0.1) is 8.99 Å². The van der Waals surface area contributed by atoms with Gasteiger partial charge in [-0.25, -0.2) is 0 Å². The van der Waals surface area contributed by atoms with Crippen LogP contribution >= 0.6 is 22.6 Å². The Balaban J connectivity index is 1.19. The van der Waals surface area contributed by atoms with Crippen molar-refractivity contribution in [2.24, 2.45) is 5.41 Å². The number of benzene rings is 2. The highest BCUT2D eigenvalue weighted by molar-refractivity contribution is 14.1. The van der Waals surface area contributed by atoms with Crippen molar-refractivity contribution >= 4 is 40.4 Å². The zero-order valence-corrected chi connectivity index (χ0v) is 28.2. The first-order chi connectivity index (χ1) is 21.9. The lowest BCUT2D eigenvalue weighted by Crippen LogP contribution is -2.70. The van der Waals surface area contributed by atoms with Gasteiger partial charge in [-0.05, 0) is 78.6 Å². The molecule has 1 amide bonds. The van der Waals surface area contributed by atoms with Crippen molar-refractivity contribution < 1.29 is 43.3 Å². The molecule has 11 nitrogen and oxygen atoms in total. The molecule has 3 aliphatic heterocycles. The first-order valence-corrected chi connectivity index (χ1v) is 16.9. The molecule has 7 rings (SSSR count). The Morgan fingerprint density at radius 2 is 1.76 bits per heavy atom. The van der Waals surface area contributed by atoms with Crippen LogP contribution in [0.2, 0.25) is 0 Å². The molecular formula is C34H39IN2O9. The summed E-state index contributed by atoms with van der Waals surface area (Å²) in [5.74, 6) is -2.39. The third-order valence-electron chi connectivity index (χ3n) is 9.64. The molecule has 2 aromatic rings. The summed E-state index contributed by atoms with van der Waals surface area (Å²) in [6.07, 6.45) is -1.48. The van der Waals surface area contributed by atoms with Gasteiger partial charge >= 0.3 is 11.9 Å². The lowest BCUT2D eigenvalue weighted by Gasteiger charge is -2.49. The van der Waals surface area contributed by atoms with E-state index in [0.29, 0.717) is 12.8 Å². The van der Waals surface area contributed by atoms with Crippen molar-refractivity contribution in [1.82, 2.24) is 10.4 Å². The van der Waals surface area contributed by atoms with E-state index in [-0.39, 0.29) is 25.8 Å². The topological polar surface area (TPSA) is 133 Å². The van der Waals surface area contributed by atoms with Gasteiger partial charge in [0.2, 0.25) is 5.91 Å². The van der Waals surface area contributed by atoms with E-state index in [4.69, 9.17) is 23.8 Å². The summed E-state index contributed by atoms with van der Waals surface area (Å²) < 4.78 is 26.0. The molecular weight excluding hydrogens is 707 g/mol. The number of carbonyl (C=O) groups excluding carboxylic acids is 3. The summed E-state index contributed by atoms with van der Waals surface area (Å²) in [5, 5.41) is 14.8. The van der Waals surface area contributed by atoms with E-state index in [2.05, 4.69) is 40.0 Å². The Hall–Kier alpha value is -2.62. The second-order valence-electron chi connectivity index (χ2n) is 14.0. The van der Waals surface area contributed by atoms with Crippen LogP contribution in [-0.4, -0.2) is 82.5 Å². The fourth-order valence-electron chi connectivity index (χ4n) is 7.74. The molecule has 1 saturated carbocycles. The molecule has 0 radical (unpaired) electrons. The van der Waals surface area contributed by atoms with Gasteiger partial charge in [-0.3, -0.25) is 19.2 Å². The standard InChI is InChI=1S/C34H39IN2O9/c1-32(2,3)43-25(39)13-12-23(18-38)36-31(41)34-16-24-26-27(45-33(44-26)14-20-6-4-5-7-21(20)15-33)29(34)46-37(28(34)30(40)42-24)17-19-8-10-22(35)11-9-19/h4-11,23-24,26-29,38H,12-18H2,1-3H3,(H,36,41). The number of fused-ring (bicyclic) bond motifs is 5. The van der Waals surface area contributed by atoms with E-state index in [9.17, 15) is 19.5 Å². The molecule has 246 valence electrons. The van der Waals surface area contributed by atoms with Gasteiger partial charge in [-0.1, -0.05) is 36.4 Å². The van der Waals surface area contributed by atoms with Gasteiger partial charge in [0, 0.05) is 29.3 Å². The van der Waals surface area contributed by atoms with Crippen LogP contribution in [0.3, 0.4) is 0 Å². The fraction of sp³-hybridized carbons (Fsp3) is 0.559. The van der Waals surface area contributed by atoms with Crippen molar-refractivity contribution in [2.45, 2.75) is 107 Å². The Morgan fingerprint density at radius 3 is 2.41 bits per heavy atom. The predicted octanol–water partition coefficient (Wildman–Crippen LogP) is 2.97. The molecule has 3 heterocycles. The molecule has 3 saturated heterocycles. The Morgan fingerprint density at radius 1 is 1.09 bits per heavy atom. The Bertz CT molecular complexity index is 1500. The number of rotatable bonds is 8. The largest absolute Gasteiger partial charge is 0.460 e. The number of carbonyl (C=O) groups is 3. The summed E-state index contributed by atoms with van der Waals surface area (Å²) in [6, 6.07) is 14.1. The number of hydroxylamine groups is 2. The molecule has 2 bridgehead atoms. The SMILES string of the molecule is CC(C)(C)OC(=O)CCC(CO)NC(=O)C12CC3OC(=O)C1N(Cc1ccc(I)cc1)OC2C1OC2(Cc4ccccc4C2)OC31. The van der Waals surface area contributed by atoms with Gasteiger partial charge in [-0.2, -0.15) is 5.06 Å². The monoisotopic (exact) mass is 746 g/mol. The number of hydrogen-bond donors (Lipinski definition) is 2. The average Bonchev–Trinajstić information content (AvgIpc) is 3.67. The maximum absolute atomic E-state index is 14.6. The number of halogens is 1. The number of nitrogens with zero attached hydrogens (tertiary/aromatic N) is 1. The minimum absolute atomic E-state index is 0.00740. The summed E-state index contributed by atoms with van der Waals surface area (Å²) in [5.41, 5.74) is 1.13. The Kier molecular flexibility index (Phi) is 8.21. The summed E-state index contributed by atoms with van der Waals surface area (Å²) >= 11 is 2.23. The summed E-state index contributed by atoms with van der Waals surface area (Å²) in [4.78, 5) is 47.5. The molecule has 7 atom stereocenters. The third-order valence-corrected chi connectivity index (χ3v) is 10.4. The number of aliphatic hydroxyl groups excluding tert-OH is 1. The minimum atomic E-state index is -1.38. The van der Waals surface area contributed by atoms with Gasteiger partial charge in [0.1, 0.15) is 35.4 Å². The van der Waals surface area contributed by atoms with Crippen LogP contribution in [0.1, 0.15) is 56.7 Å². The van der Waals surface area contributed by atoms with E-state index >= 15 is 0 Å². The molecule has 7 unspecified atom stereocenters. The molecule has 2 N–H and O–H groups in total. The number of hydrogen-bond acceptors (Lipinski definition) is 10. The first-order valence-electron chi connectivity index (χ1n) is 15.8. The van der Waals surface area contributed by atoms with E-state index in [1.807, 2.05) is 36.4 Å². The first kappa shape index (κ1) is 32.0. The maximum Gasteiger partial charge on any atom is 0.327 e. The minimum Gasteiger partial charge on any atom is -0.460 e. The van der Waals surface area contributed by atoms with Crippen molar-refractivity contribution in [3.63, 3.8) is 0 Å². The van der Waals surface area contributed by atoms with Crippen LogP contribution in [-0.2, 0) is 57.6 Å². The van der Waals surface area contributed by atoms with Gasteiger partial charge in [0.15, 0.2) is 11.8 Å². The highest BCUT2D eigenvalue weighted by atomic mass is 127. The maximum atomic E-state index is 14.6. The van der Waals surface area contributed by atoms with Crippen LogP contribution in [0.15, 0.2) is 48.5 Å². The average molecular weight is 747 g/mol. The molecule has 1 spiro atoms. The van der Waals surface area contributed by atoms with E-state index in [1.165, 1.54) is 0 Å². The van der Waals surface area contributed by atoms with Crippen LogP contribution < -0.4 is 5.32 Å². The number of aliphatic hydroxyl groups is 1. The van der Waals surface area contributed by atoms with E-state index in [1.54, 1.807) is 25.8 Å². The third kappa shape index (κ3) is 5.64. The second kappa shape index (κ2) is 11.8. The predicted molar refractivity (Wildman–Crippen MR) is 171 cm³/mol. The molecule has 4 fully saturated rings. The Labute approximate surface area is 281 Å². The molecule has 12 heteroatoms. The molecule has 2 aliphatic carbocycles. The fourth-order valence-corrected chi connectivity index (χ4v) is 8.10. The van der Waals surface area contributed by atoms with E-state index in [0.717, 1.165) is 20.3 Å². The summed E-state index contributed by atoms with van der Waals surface area (Å²) in [6.45, 7) is 5.19. The quantitative estimate of drug-likeness (QED) is 0.307. The van der Waals surface area contributed by atoms with Gasteiger partial charge < -0.3 is 29.4 Å². The second-order valence-corrected chi connectivity index (χ2v) is 15.3. The van der Waals surface area contributed by atoms with E-state index < -0.39 is 77.8 Å². The number of ether oxygens (including phenoxy) is 4. The van der Waals surface area contributed by atoms with Crippen molar-refractivity contribution in [3.05, 3.63) is 68.8 Å². The summed E-state index contributed by atoms with van der Waals surface area (Å²) in [7, 11) is 0. The van der Waals surface area contributed by atoms with Crippen LogP contribution in [0.5, 0.6) is 0 Å². The molecule has 46 heavy (non-hydrogen) atoms. The smallest absolute Gasteiger partial charge is 0.327 e. The lowest BCUT2D eigenvalue weighted by molar-refractivity contribution is -0.217. The highest BCUT2D eigenvalue weighted by Gasteiger charge is 2.76. The number of esters is 2. The van der Waals surface area contributed by atoms with Gasteiger partial charge in [-0.15, -0.1) is 0 Å². The van der Waals surface area contributed by atoms with Crippen molar-refractivity contribution in [1.29, 1.82) is 0 Å². The highest BCUT2D eigenvalue weighted by Crippen LogP contribution is 2.58. The van der Waals surface area contributed by atoms with Gasteiger partial charge in [0.05, 0.1) is 19.2 Å². The molecule has 5 aliphatic rings. The van der Waals surface area contributed by atoms with Gasteiger partial charge in [0.25, 0.3) is 0 Å². The molecule has 0 aromatic heterocycles. The number of nitrogens with one attached hydrogen (secondary N) is 1. The lowest BCUT2D eigenvalue weighted by atomic mass is 9.62. The zero-order chi connectivity index (χ0) is 32.4. The molecule has 2 aromatic carbocycles. The van der Waals surface area contributed by atoms with Crippen LogP contribution in [0.25, 0.3) is 0 Å². The van der Waals surface area contributed by atoms with Crippen LogP contribution in [0.4, 0.5) is 0 Å². The normalized spacial score (nSPS) is 31.2.